The van der Waals surface area contributed by atoms with Crippen LogP contribution in [0.15, 0.2) is 40.9 Å². The third-order valence-electron chi connectivity index (χ3n) is 2.40. The van der Waals surface area contributed by atoms with Gasteiger partial charge in [-0.05, 0) is 42.8 Å². The third kappa shape index (κ3) is 2.69. The number of nitrogens with zero attached hydrogens (tertiary/aromatic N) is 1. The van der Waals surface area contributed by atoms with E-state index in [2.05, 4.69) is 15.9 Å². The molecule has 0 aliphatic heterocycles. The van der Waals surface area contributed by atoms with Crippen LogP contribution in [0, 0.1) is 24.1 Å². The van der Waals surface area contributed by atoms with Crippen LogP contribution in [0.3, 0.4) is 0 Å². The summed E-state index contributed by atoms with van der Waals surface area (Å²) in [5, 5.41) is 8.82. The average Bonchev–Trinajstić information content (AvgIpc) is 2.36. The quantitative estimate of drug-likeness (QED) is 0.815. The van der Waals surface area contributed by atoms with Gasteiger partial charge >= 0.3 is 0 Å². The van der Waals surface area contributed by atoms with Crippen LogP contribution in [0.5, 0.6) is 11.5 Å². The molecule has 0 aromatic heterocycles. The molecule has 0 atom stereocenters. The minimum absolute atomic E-state index is 0.0119. The van der Waals surface area contributed by atoms with E-state index in [9.17, 15) is 4.39 Å². The van der Waals surface area contributed by atoms with E-state index in [1.807, 2.05) is 18.2 Å². The smallest absolute Gasteiger partial charge is 0.144 e. The number of ether oxygens (including phenoxy) is 1. The largest absolute Gasteiger partial charge is 0.457 e. The molecular formula is C14H9BrFNO. The highest BCUT2D eigenvalue weighted by Crippen LogP contribution is 2.26. The average molecular weight is 306 g/mol. The van der Waals surface area contributed by atoms with Gasteiger partial charge in [-0.3, -0.25) is 0 Å². The molecule has 0 fully saturated rings. The van der Waals surface area contributed by atoms with Crippen LogP contribution < -0.4 is 4.74 Å². The molecule has 0 N–H and O–H groups in total. The van der Waals surface area contributed by atoms with Crippen LogP contribution >= 0.6 is 15.9 Å². The molecule has 0 heterocycles. The first-order chi connectivity index (χ1) is 8.60. The minimum Gasteiger partial charge on any atom is -0.457 e. The summed E-state index contributed by atoms with van der Waals surface area (Å²) >= 11 is 3.33. The molecule has 0 bridgehead atoms. The second kappa shape index (κ2) is 5.19. The predicted molar refractivity (Wildman–Crippen MR) is 70.1 cm³/mol. The second-order valence-electron chi connectivity index (χ2n) is 3.77. The molecule has 0 saturated carbocycles. The van der Waals surface area contributed by atoms with Crippen molar-refractivity contribution in [2.45, 2.75) is 6.92 Å². The molecule has 2 aromatic rings. The molecular weight excluding hydrogens is 297 g/mol. The molecule has 0 aliphatic rings. The molecule has 2 aromatic carbocycles. The van der Waals surface area contributed by atoms with E-state index in [1.54, 1.807) is 25.1 Å². The number of hydrogen-bond donors (Lipinski definition) is 0. The summed E-state index contributed by atoms with van der Waals surface area (Å²) in [5.41, 5.74) is 0.378. The van der Waals surface area contributed by atoms with Crippen molar-refractivity contribution >= 4 is 15.9 Å². The van der Waals surface area contributed by atoms with E-state index in [-0.39, 0.29) is 5.56 Å². The van der Waals surface area contributed by atoms with E-state index < -0.39 is 5.82 Å². The second-order valence-corrected chi connectivity index (χ2v) is 4.69. The molecule has 0 radical (unpaired) electrons. The zero-order chi connectivity index (χ0) is 13.1. The summed E-state index contributed by atoms with van der Waals surface area (Å²) in [6.45, 7) is 1.60. The summed E-state index contributed by atoms with van der Waals surface area (Å²) in [6, 6.07) is 12.0. The molecule has 2 nitrogen and oxygen atoms in total. The lowest BCUT2D eigenvalue weighted by Crippen LogP contribution is -1.92. The van der Waals surface area contributed by atoms with Gasteiger partial charge in [0.2, 0.25) is 0 Å². The molecule has 0 aliphatic carbocycles. The maximum absolute atomic E-state index is 13.5. The number of halogens is 2. The maximum Gasteiger partial charge on any atom is 0.144 e. The fraction of sp³-hybridized carbons (Fsp3) is 0.0714. The summed E-state index contributed by atoms with van der Waals surface area (Å²) in [4.78, 5) is 0. The van der Waals surface area contributed by atoms with Crippen LogP contribution in [-0.4, -0.2) is 0 Å². The monoisotopic (exact) mass is 305 g/mol. The Morgan fingerprint density at radius 2 is 1.83 bits per heavy atom. The van der Waals surface area contributed by atoms with Crippen LogP contribution in [0.4, 0.5) is 4.39 Å². The third-order valence-corrected chi connectivity index (χ3v) is 2.93. The van der Waals surface area contributed by atoms with Crippen LogP contribution in [-0.2, 0) is 0 Å². The Morgan fingerprint density at radius 3 is 2.44 bits per heavy atom. The van der Waals surface area contributed by atoms with E-state index in [0.29, 0.717) is 17.1 Å². The van der Waals surface area contributed by atoms with E-state index in [0.717, 1.165) is 4.47 Å². The Bertz CT molecular complexity index is 617. The van der Waals surface area contributed by atoms with Crippen molar-refractivity contribution in [2.75, 3.05) is 0 Å². The number of rotatable bonds is 2. The van der Waals surface area contributed by atoms with Gasteiger partial charge in [0.1, 0.15) is 23.4 Å². The van der Waals surface area contributed by atoms with E-state index in [4.69, 9.17) is 10.00 Å². The Morgan fingerprint density at radius 1 is 1.17 bits per heavy atom. The Hall–Kier alpha value is -1.86. The van der Waals surface area contributed by atoms with Gasteiger partial charge in [0, 0.05) is 10.5 Å². The number of hydrogen-bond acceptors (Lipinski definition) is 2. The molecule has 0 saturated heterocycles. The lowest BCUT2D eigenvalue weighted by molar-refractivity contribution is 0.479. The highest BCUT2D eigenvalue weighted by atomic mass is 79.9. The fourth-order valence-corrected chi connectivity index (χ4v) is 1.78. The van der Waals surface area contributed by atoms with Crippen molar-refractivity contribution in [1.82, 2.24) is 0 Å². The SMILES string of the molecule is Cc1cc(Oc2ccc(Br)cc2)cc(C#N)c1F. The standard InChI is InChI=1S/C14H9BrFNO/c1-9-6-13(7-10(8-17)14(9)16)18-12-4-2-11(15)3-5-12/h2-7H,1H3. The molecule has 0 spiro atoms. The molecule has 18 heavy (non-hydrogen) atoms. The molecule has 2 rings (SSSR count). The van der Waals surface area contributed by atoms with Crippen LogP contribution in [0.25, 0.3) is 0 Å². The van der Waals surface area contributed by atoms with Gasteiger partial charge in [-0.2, -0.15) is 5.26 Å². The Kier molecular flexibility index (Phi) is 3.63. The number of aryl methyl sites for hydroxylation is 1. The first kappa shape index (κ1) is 12.6. The minimum atomic E-state index is -0.499. The first-order valence-electron chi connectivity index (χ1n) is 5.24. The van der Waals surface area contributed by atoms with Gasteiger partial charge in [-0.25, -0.2) is 4.39 Å². The van der Waals surface area contributed by atoms with Gasteiger partial charge in [-0.15, -0.1) is 0 Å². The predicted octanol–water partition coefficient (Wildman–Crippen LogP) is 4.56. The van der Waals surface area contributed by atoms with Crippen molar-refractivity contribution in [1.29, 1.82) is 5.26 Å². The van der Waals surface area contributed by atoms with Crippen LogP contribution in [0.1, 0.15) is 11.1 Å². The maximum atomic E-state index is 13.5. The Labute approximate surface area is 113 Å². The lowest BCUT2D eigenvalue weighted by atomic mass is 10.1. The van der Waals surface area contributed by atoms with Gasteiger partial charge in [-0.1, -0.05) is 15.9 Å². The van der Waals surface area contributed by atoms with Crippen molar-refractivity contribution in [2.24, 2.45) is 0 Å². The zero-order valence-electron chi connectivity index (χ0n) is 9.58. The summed E-state index contributed by atoms with van der Waals surface area (Å²) < 4.78 is 20.0. The molecule has 0 unspecified atom stereocenters. The van der Waals surface area contributed by atoms with Gasteiger partial charge in [0.05, 0.1) is 5.56 Å². The zero-order valence-corrected chi connectivity index (χ0v) is 11.2. The topological polar surface area (TPSA) is 33.0 Å². The van der Waals surface area contributed by atoms with E-state index >= 15 is 0 Å². The van der Waals surface area contributed by atoms with Gasteiger partial charge < -0.3 is 4.74 Å². The summed E-state index contributed by atoms with van der Waals surface area (Å²) in [6.07, 6.45) is 0. The lowest BCUT2D eigenvalue weighted by Gasteiger charge is -2.08. The number of nitriles is 1. The van der Waals surface area contributed by atoms with Gasteiger partial charge in [0.25, 0.3) is 0 Å². The van der Waals surface area contributed by atoms with Gasteiger partial charge in [0.15, 0.2) is 0 Å². The van der Waals surface area contributed by atoms with Crippen molar-refractivity contribution in [3.8, 4) is 17.6 Å². The highest BCUT2D eigenvalue weighted by molar-refractivity contribution is 9.10. The molecule has 90 valence electrons. The summed E-state index contributed by atoms with van der Waals surface area (Å²) in [7, 11) is 0. The first-order valence-corrected chi connectivity index (χ1v) is 6.03. The fourth-order valence-electron chi connectivity index (χ4n) is 1.52. The van der Waals surface area contributed by atoms with Crippen molar-refractivity contribution < 1.29 is 9.13 Å². The Balaban J connectivity index is 2.33. The molecule has 0 amide bonds. The van der Waals surface area contributed by atoms with Crippen LogP contribution in [0.2, 0.25) is 0 Å². The normalized spacial score (nSPS) is 9.89. The van der Waals surface area contributed by atoms with Crippen molar-refractivity contribution in [3.05, 3.63) is 57.8 Å². The van der Waals surface area contributed by atoms with E-state index in [1.165, 1.54) is 6.07 Å². The number of benzene rings is 2. The highest BCUT2D eigenvalue weighted by Gasteiger charge is 2.08. The summed E-state index contributed by atoms with van der Waals surface area (Å²) in [5.74, 6) is 0.585. The molecule has 4 heteroatoms. The van der Waals surface area contributed by atoms with Crippen molar-refractivity contribution in [3.63, 3.8) is 0 Å².